The van der Waals surface area contributed by atoms with E-state index in [0.29, 0.717) is 0 Å². The standard InChI is InChI=1S/C52H37NO/c1-52(2,3)47-30-33-14-7-8-15-34(33)31-49(47)53(48-18-11-17-42-41-16-9-10-19-50(41)54-51(42)48)40-23-22-37-27-44-43-26-36-21-20-35(32-12-5-4-6-13-32)24-38(36)28-45(43)46(44)29-39(37)25-40/h4-31H,1-3H3. The first-order valence-electron chi connectivity index (χ1n) is 18.8. The van der Waals surface area contributed by atoms with E-state index in [1.165, 1.54) is 71.3 Å². The van der Waals surface area contributed by atoms with E-state index in [9.17, 15) is 0 Å². The summed E-state index contributed by atoms with van der Waals surface area (Å²) in [6.45, 7) is 6.93. The molecule has 1 heterocycles. The molecule has 0 spiro atoms. The smallest absolute Gasteiger partial charge is 0.159 e. The van der Waals surface area contributed by atoms with Crippen molar-refractivity contribution < 1.29 is 4.42 Å². The summed E-state index contributed by atoms with van der Waals surface area (Å²) in [6.07, 6.45) is 0. The summed E-state index contributed by atoms with van der Waals surface area (Å²) < 4.78 is 6.72. The highest BCUT2D eigenvalue weighted by Crippen LogP contribution is 2.52. The first-order chi connectivity index (χ1) is 26.4. The average molecular weight is 692 g/mol. The summed E-state index contributed by atoms with van der Waals surface area (Å²) in [4.78, 5) is 2.43. The number of hydrogen-bond donors (Lipinski definition) is 0. The monoisotopic (exact) mass is 691 g/mol. The van der Waals surface area contributed by atoms with Crippen LogP contribution in [0.15, 0.2) is 174 Å². The summed E-state index contributed by atoms with van der Waals surface area (Å²) in [7, 11) is 0. The topological polar surface area (TPSA) is 16.4 Å². The molecule has 1 aliphatic rings. The second kappa shape index (κ2) is 11.4. The molecule has 10 aromatic rings. The minimum Gasteiger partial charge on any atom is -0.454 e. The molecule has 1 aromatic heterocycles. The zero-order valence-corrected chi connectivity index (χ0v) is 30.5. The Morgan fingerprint density at radius 2 is 1.00 bits per heavy atom. The van der Waals surface area contributed by atoms with E-state index in [4.69, 9.17) is 4.42 Å². The first-order valence-corrected chi connectivity index (χ1v) is 18.8. The van der Waals surface area contributed by atoms with Crippen LogP contribution in [0.4, 0.5) is 17.1 Å². The Morgan fingerprint density at radius 3 is 1.74 bits per heavy atom. The van der Waals surface area contributed by atoms with Crippen LogP contribution >= 0.6 is 0 Å². The largest absolute Gasteiger partial charge is 0.454 e. The molecule has 11 rings (SSSR count). The molecule has 0 N–H and O–H groups in total. The van der Waals surface area contributed by atoms with Crippen molar-refractivity contribution in [2.24, 2.45) is 0 Å². The van der Waals surface area contributed by atoms with E-state index in [1.807, 2.05) is 6.07 Å². The van der Waals surface area contributed by atoms with Gasteiger partial charge in [-0.2, -0.15) is 0 Å². The number of benzene rings is 9. The molecule has 0 aliphatic heterocycles. The van der Waals surface area contributed by atoms with Gasteiger partial charge in [0, 0.05) is 16.5 Å². The van der Waals surface area contributed by atoms with Crippen LogP contribution in [-0.2, 0) is 5.41 Å². The van der Waals surface area contributed by atoms with Crippen LogP contribution in [0, 0.1) is 0 Å². The van der Waals surface area contributed by atoms with Crippen molar-refractivity contribution in [2.75, 3.05) is 4.90 Å². The van der Waals surface area contributed by atoms with Crippen LogP contribution in [0.25, 0.3) is 87.6 Å². The van der Waals surface area contributed by atoms with Gasteiger partial charge in [-0.3, -0.25) is 0 Å². The van der Waals surface area contributed by atoms with E-state index in [1.54, 1.807) is 0 Å². The molecule has 256 valence electrons. The number of rotatable bonds is 4. The van der Waals surface area contributed by atoms with E-state index in [2.05, 4.69) is 189 Å². The van der Waals surface area contributed by atoms with Crippen molar-refractivity contribution in [1.82, 2.24) is 0 Å². The fraction of sp³-hybridized carbons (Fsp3) is 0.0769. The molecule has 0 amide bonds. The summed E-state index contributed by atoms with van der Waals surface area (Å²) in [5.74, 6) is 0. The van der Waals surface area contributed by atoms with E-state index in [-0.39, 0.29) is 5.41 Å². The van der Waals surface area contributed by atoms with Crippen molar-refractivity contribution in [1.29, 1.82) is 0 Å². The molecule has 0 radical (unpaired) electrons. The molecular weight excluding hydrogens is 655 g/mol. The third kappa shape index (κ3) is 4.73. The van der Waals surface area contributed by atoms with Crippen molar-refractivity contribution in [3.63, 3.8) is 0 Å². The molecule has 54 heavy (non-hydrogen) atoms. The molecular formula is C52H37NO. The zero-order chi connectivity index (χ0) is 36.1. The van der Waals surface area contributed by atoms with Gasteiger partial charge in [0.2, 0.25) is 0 Å². The third-order valence-electron chi connectivity index (χ3n) is 11.4. The van der Waals surface area contributed by atoms with Gasteiger partial charge in [-0.1, -0.05) is 124 Å². The average Bonchev–Trinajstić information content (AvgIpc) is 3.59. The van der Waals surface area contributed by atoms with Crippen molar-refractivity contribution >= 4 is 71.3 Å². The third-order valence-corrected chi connectivity index (χ3v) is 11.4. The van der Waals surface area contributed by atoms with Gasteiger partial charge in [-0.05, 0) is 143 Å². The molecule has 2 nitrogen and oxygen atoms in total. The molecule has 0 unspecified atom stereocenters. The van der Waals surface area contributed by atoms with Gasteiger partial charge in [-0.15, -0.1) is 0 Å². The number of para-hydroxylation sites is 2. The van der Waals surface area contributed by atoms with Crippen LogP contribution in [0.2, 0.25) is 0 Å². The first kappa shape index (κ1) is 30.9. The molecule has 2 heteroatoms. The van der Waals surface area contributed by atoms with Crippen molar-refractivity contribution in [3.8, 4) is 33.4 Å². The molecule has 0 saturated heterocycles. The highest BCUT2D eigenvalue weighted by molar-refractivity contribution is 6.14. The minimum atomic E-state index is -0.119. The maximum atomic E-state index is 6.72. The summed E-state index contributed by atoms with van der Waals surface area (Å²) in [5, 5.41) is 9.70. The number of nitrogens with zero attached hydrogens (tertiary/aromatic N) is 1. The lowest BCUT2D eigenvalue weighted by Gasteiger charge is -2.33. The molecule has 0 saturated carbocycles. The SMILES string of the molecule is CC(C)(C)c1cc2ccccc2cc1N(c1ccc2cc3c(cc2c1)-c1cc2cc(-c4ccccc4)ccc2cc1-3)c1cccc2c1oc1ccccc12. The lowest BCUT2D eigenvalue weighted by molar-refractivity contribution is 0.591. The number of fused-ring (bicyclic) bond motifs is 10. The van der Waals surface area contributed by atoms with E-state index < -0.39 is 0 Å². The van der Waals surface area contributed by atoms with Gasteiger partial charge < -0.3 is 9.32 Å². The second-order valence-corrected chi connectivity index (χ2v) is 15.8. The Balaban J connectivity index is 1.11. The second-order valence-electron chi connectivity index (χ2n) is 15.8. The summed E-state index contributed by atoms with van der Waals surface area (Å²) >= 11 is 0. The molecule has 1 aliphatic carbocycles. The molecule has 0 atom stereocenters. The Bertz CT molecular complexity index is 3140. The van der Waals surface area contributed by atoms with Gasteiger partial charge in [0.15, 0.2) is 5.58 Å². The Labute approximate surface area is 314 Å². The number of anilines is 3. The fourth-order valence-electron chi connectivity index (χ4n) is 8.69. The number of furan rings is 1. The predicted octanol–water partition coefficient (Wildman–Crippen LogP) is 15.1. The van der Waals surface area contributed by atoms with Crippen molar-refractivity contribution in [3.05, 3.63) is 175 Å². The normalized spacial score (nSPS) is 12.4. The van der Waals surface area contributed by atoms with Gasteiger partial charge in [0.05, 0.1) is 11.4 Å². The van der Waals surface area contributed by atoms with Gasteiger partial charge in [-0.25, -0.2) is 0 Å². The molecule has 9 aromatic carbocycles. The van der Waals surface area contributed by atoms with E-state index >= 15 is 0 Å². The van der Waals surface area contributed by atoms with Crippen molar-refractivity contribution in [2.45, 2.75) is 26.2 Å². The Kier molecular flexibility index (Phi) is 6.55. The highest BCUT2D eigenvalue weighted by Gasteiger charge is 2.28. The molecule has 0 fully saturated rings. The summed E-state index contributed by atoms with van der Waals surface area (Å²) in [5.41, 5.74) is 14.0. The van der Waals surface area contributed by atoms with Crippen LogP contribution in [0.5, 0.6) is 0 Å². The fourth-order valence-corrected chi connectivity index (χ4v) is 8.69. The maximum Gasteiger partial charge on any atom is 0.159 e. The van der Waals surface area contributed by atoms with Crippen LogP contribution < -0.4 is 4.90 Å². The lowest BCUT2D eigenvalue weighted by Crippen LogP contribution is -2.19. The quantitative estimate of drug-likeness (QED) is 0.183. The Morgan fingerprint density at radius 1 is 0.407 bits per heavy atom. The van der Waals surface area contributed by atoms with Gasteiger partial charge in [0.1, 0.15) is 5.58 Å². The van der Waals surface area contributed by atoms with Gasteiger partial charge in [0.25, 0.3) is 0 Å². The maximum absolute atomic E-state index is 6.72. The van der Waals surface area contributed by atoms with E-state index in [0.717, 1.165) is 39.0 Å². The summed E-state index contributed by atoms with van der Waals surface area (Å²) in [6, 6.07) is 62.3. The predicted molar refractivity (Wildman–Crippen MR) is 229 cm³/mol. The number of hydrogen-bond acceptors (Lipinski definition) is 2. The minimum absolute atomic E-state index is 0.119. The van der Waals surface area contributed by atoms with Crippen LogP contribution in [0.1, 0.15) is 26.3 Å². The Hall–Kier alpha value is -6.64. The lowest BCUT2D eigenvalue weighted by atomic mass is 9.77. The zero-order valence-electron chi connectivity index (χ0n) is 30.5. The van der Waals surface area contributed by atoms with Crippen LogP contribution in [-0.4, -0.2) is 0 Å². The van der Waals surface area contributed by atoms with Crippen LogP contribution in [0.3, 0.4) is 0 Å². The highest BCUT2D eigenvalue weighted by atomic mass is 16.3. The van der Waals surface area contributed by atoms with Gasteiger partial charge >= 0.3 is 0 Å². The molecule has 0 bridgehead atoms.